The lowest BCUT2D eigenvalue weighted by atomic mass is 9.74. The van der Waals surface area contributed by atoms with Crippen LogP contribution in [0.15, 0.2) is 0 Å². The van der Waals surface area contributed by atoms with E-state index in [1.54, 1.807) is 0 Å². The van der Waals surface area contributed by atoms with Gasteiger partial charge in [0.1, 0.15) is 0 Å². The van der Waals surface area contributed by atoms with Gasteiger partial charge in [0.15, 0.2) is 5.78 Å². The fourth-order valence-electron chi connectivity index (χ4n) is 3.15. The first-order chi connectivity index (χ1) is 6.69. The smallest absolute Gasteiger partial charge is 0.154 e. The Morgan fingerprint density at radius 2 is 2.07 bits per heavy atom. The highest BCUT2D eigenvalue weighted by molar-refractivity contribution is 5.90. The van der Waals surface area contributed by atoms with Crippen molar-refractivity contribution in [3.05, 3.63) is 0 Å². The lowest BCUT2D eigenvalue weighted by Gasteiger charge is -2.40. The van der Waals surface area contributed by atoms with Crippen LogP contribution < -0.4 is 0 Å². The predicted molar refractivity (Wildman–Crippen MR) is 57.2 cm³/mol. The van der Waals surface area contributed by atoms with Gasteiger partial charge in [0, 0.05) is 13.0 Å². The van der Waals surface area contributed by atoms with Crippen LogP contribution in [-0.2, 0) is 4.79 Å². The van der Waals surface area contributed by atoms with Crippen LogP contribution in [0, 0.1) is 5.92 Å². The third kappa shape index (κ3) is 1.40. The Bertz CT molecular complexity index is 228. The third-order valence-electron chi connectivity index (χ3n) is 4.43. The lowest BCUT2D eigenvalue weighted by Crippen LogP contribution is -2.48. The van der Waals surface area contributed by atoms with Crippen molar-refractivity contribution in [2.24, 2.45) is 5.92 Å². The van der Waals surface area contributed by atoms with Crippen molar-refractivity contribution >= 4 is 5.78 Å². The minimum atomic E-state index is -0.0360. The van der Waals surface area contributed by atoms with Crippen LogP contribution in [0.4, 0.5) is 0 Å². The second kappa shape index (κ2) is 3.65. The molecule has 2 heteroatoms. The Kier molecular flexibility index (Phi) is 2.65. The zero-order chi connectivity index (χ0) is 10.2. The van der Waals surface area contributed by atoms with E-state index in [2.05, 4.69) is 18.9 Å². The molecule has 0 N–H and O–H groups in total. The van der Waals surface area contributed by atoms with Crippen LogP contribution in [0.1, 0.15) is 45.4 Å². The maximum Gasteiger partial charge on any atom is 0.154 e. The maximum atomic E-state index is 11.9. The van der Waals surface area contributed by atoms with Crippen LogP contribution >= 0.6 is 0 Å². The minimum absolute atomic E-state index is 0.0360. The van der Waals surface area contributed by atoms with Gasteiger partial charge in [-0.1, -0.05) is 13.3 Å². The normalized spacial score (nSPS) is 39.6. The van der Waals surface area contributed by atoms with E-state index >= 15 is 0 Å². The molecule has 14 heavy (non-hydrogen) atoms. The summed E-state index contributed by atoms with van der Waals surface area (Å²) >= 11 is 0. The number of rotatable bonds is 1. The fourth-order valence-corrected chi connectivity index (χ4v) is 3.15. The molecule has 0 amide bonds. The molecule has 2 rings (SSSR count). The minimum Gasteiger partial charge on any atom is -0.298 e. The second-order valence-electron chi connectivity index (χ2n) is 4.98. The average molecular weight is 195 g/mol. The first-order valence-corrected chi connectivity index (χ1v) is 5.93. The molecule has 1 aliphatic carbocycles. The van der Waals surface area contributed by atoms with E-state index in [9.17, 15) is 4.79 Å². The van der Waals surface area contributed by atoms with Crippen molar-refractivity contribution < 1.29 is 4.79 Å². The second-order valence-corrected chi connectivity index (χ2v) is 4.98. The molecule has 1 aliphatic heterocycles. The van der Waals surface area contributed by atoms with Crippen molar-refractivity contribution in [1.82, 2.24) is 4.90 Å². The molecule has 2 aliphatic rings. The summed E-state index contributed by atoms with van der Waals surface area (Å²) in [4.78, 5) is 14.2. The highest BCUT2D eigenvalue weighted by atomic mass is 16.1. The van der Waals surface area contributed by atoms with Crippen LogP contribution in [0.3, 0.4) is 0 Å². The Labute approximate surface area is 86.7 Å². The van der Waals surface area contributed by atoms with E-state index in [-0.39, 0.29) is 5.54 Å². The van der Waals surface area contributed by atoms with Crippen LogP contribution in [0.2, 0.25) is 0 Å². The zero-order valence-corrected chi connectivity index (χ0v) is 9.38. The number of hydrogen-bond donors (Lipinski definition) is 0. The van der Waals surface area contributed by atoms with Crippen molar-refractivity contribution in [3.63, 3.8) is 0 Å². The van der Waals surface area contributed by atoms with Gasteiger partial charge in [-0.25, -0.2) is 0 Å². The van der Waals surface area contributed by atoms with Crippen LogP contribution in [0.5, 0.6) is 0 Å². The molecule has 1 saturated heterocycles. The highest BCUT2D eigenvalue weighted by Gasteiger charge is 2.47. The monoisotopic (exact) mass is 195 g/mol. The SMILES string of the molecule is CCC1CCC2(CC1)C(=O)CCN2C. The molecule has 80 valence electrons. The Morgan fingerprint density at radius 1 is 1.43 bits per heavy atom. The van der Waals surface area contributed by atoms with Gasteiger partial charge in [-0.2, -0.15) is 0 Å². The first kappa shape index (κ1) is 10.2. The Hall–Kier alpha value is -0.370. The summed E-state index contributed by atoms with van der Waals surface area (Å²) in [6.45, 7) is 3.25. The summed E-state index contributed by atoms with van der Waals surface area (Å²) in [7, 11) is 2.12. The van der Waals surface area contributed by atoms with Gasteiger partial charge in [-0.3, -0.25) is 9.69 Å². The molecule has 0 unspecified atom stereocenters. The number of ketones is 1. The predicted octanol–water partition coefficient (Wildman–Crippen LogP) is 2.23. The van der Waals surface area contributed by atoms with Gasteiger partial charge in [-0.05, 0) is 38.6 Å². The van der Waals surface area contributed by atoms with Crippen molar-refractivity contribution in [3.8, 4) is 0 Å². The molecule has 0 radical (unpaired) electrons. The number of Topliss-reactive ketones (excluding diaryl/α,β-unsaturated/α-hetero) is 1. The standard InChI is InChI=1S/C12H21NO/c1-3-10-4-7-12(8-5-10)11(14)6-9-13(12)2/h10H,3-9H2,1-2H3. The summed E-state index contributed by atoms with van der Waals surface area (Å²) in [5.41, 5.74) is -0.0360. The summed E-state index contributed by atoms with van der Waals surface area (Å²) in [5, 5.41) is 0. The van der Waals surface area contributed by atoms with E-state index in [0.29, 0.717) is 5.78 Å². The molecule has 0 bridgehead atoms. The molecule has 1 heterocycles. The summed E-state index contributed by atoms with van der Waals surface area (Å²) in [6, 6.07) is 0. The van der Waals surface area contributed by atoms with Gasteiger partial charge < -0.3 is 0 Å². The lowest BCUT2D eigenvalue weighted by molar-refractivity contribution is -0.126. The molecule has 0 atom stereocenters. The number of carbonyl (C=O) groups is 1. The molecule has 1 saturated carbocycles. The fraction of sp³-hybridized carbons (Fsp3) is 0.917. The van der Waals surface area contributed by atoms with Crippen LogP contribution in [0.25, 0.3) is 0 Å². The van der Waals surface area contributed by atoms with Crippen molar-refractivity contribution in [2.75, 3.05) is 13.6 Å². The summed E-state index contributed by atoms with van der Waals surface area (Å²) in [6.07, 6.45) is 6.81. The van der Waals surface area contributed by atoms with E-state index in [1.165, 1.54) is 19.3 Å². The van der Waals surface area contributed by atoms with E-state index in [0.717, 1.165) is 31.7 Å². The van der Waals surface area contributed by atoms with Crippen LogP contribution in [-0.4, -0.2) is 29.8 Å². The number of nitrogens with zero attached hydrogens (tertiary/aromatic N) is 1. The quantitative estimate of drug-likeness (QED) is 0.639. The highest BCUT2D eigenvalue weighted by Crippen LogP contribution is 2.41. The molecule has 0 aromatic carbocycles. The topological polar surface area (TPSA) is 20.3 Å². The number of carbonyl (C=O) groups excluding carboxylic acids is 1. The first-order valence-electron chi connectivity index (χ1n) is 5.93. The van der Waals surface area contributed by atoms with E-state index in [1.807, 2.05) is 0 Å². The molecular weight excluding hydrogens is 174 g/mol. The summed E-state index contributed by atoms with van der Waals surface area (Å²) < 4.78 is 0. The largest absolute Gasteiger partial charge is 0.298 e. The number of hydrogen-bond acceptors (Lipinski definition) is 2. The van der Waals surface area contributed by atoms with Gasteiger partial charge >= 0.3 is 0 Å². The number of likely N-dealkylation sites (N-methyl/N-ethyl adjacent to an activating group) is 1. The Morgan fingerprint density at radius 3 is 2.50 bits per heavy atom. The van der Waals surface area contributed by atoms with Gasteiger partial charge in [0.2, 0.25) is 0 Å². The van der Waals surface area contributed by atoms with Gasteiger partial charge in [0.05, 0.1) is 5.54 Å². The van der Waals surface area contributed by atoms with E-state index in [4.69, 9.17) is 0 Å². The molecular formula is C12H21NO. The number of likely N-dealkylation sites (tertiary alicyclic amines) is 1. The van der Waals surface area contributed by atoms with Crippen molar-refractivity contribution in [2.45, 2.75) is 51.0 Å². The molecule has 2 nitrogen and oxygen atoms in total. The molecule has 0 aromatic heterocycles. The molecule has 2 fully saturated rings. The molecule has 0 aromatic rings. The Balaban J connectivity index is 2.07. The molecule has 1 spiro atoms. The van der Waals surface area contributed by atoms with E-state index < -0.39 is 0 Å². The summed E-state index contributed by atoms with van der Waals surface area (Å²) in [5.74, 6) is 1.39. The zero-order valence-electron chi connectivity index (χ0n) is 9.38. The van der Waals surface area contributed by atoms with Gasteiger partial charge in [0.25, 0.3) is 0 Å². The van der Waals surface area contributed by atoms with Crippen molar-refractivity contribution in [1.29, 1.82) is 0 Å². The average Bonchev–Trinajstić information content (AvgIpc) is 2.49. The third-order valence-corrected chi connectivity index (χ3v) is 4.43. The maximum absolute atomic E-state index is 11.9. The van der Waals surface area contributed by atoms with Gasteiger partial charge in [-0.15, -0.1) is 0 Å².